The molecule has 25 heavy (non-hydrogen) atoms. The molecule has 4 rings (SSSR count). The minimum atomic E-state index is -0.403. The van der Waals surface area contributed by atoms with Crippen LogP contribution in [0.25, 0.3) is 11.4 Å². The molecule has 132 valence electrons. The van der Waals surface area contributed by atoms with E-state index in [0.29, 0.717) is 17.6 Å². The normalized spacial score (nSPS) is 16.2. The molecule has 0 bridgehead atoms. The monoisotopic (exact) mass is 362 g/mol. The van der Waals surface area contributed by atoms with Gasteiger partial charge in [0.1, 0.15) is 5.54 Å². The maximum atomic E-state index is 5.63. The largest absolute Gasteiger partial charge is 0.481 e. The molecule has 3 aromatic heterocycles. The number of rotatable bonds is 4. The van der Waals surface area contributed by atoms with Crippen molar-refractivity contribution in [3.63, 3.8) is 0 Å². The number of hydrogen-bond acceptors (Lipinski definition) is 7. The fourth-order valence-corrected chi connectivity index (χ4v) is 3.07. The van der Waals surface area contributed by atoms with Gasteiger partial charge in [-0.05, 0) is 38.1 Å². The summed E-state index contributed by atoms with van der Waals surface area (Å²) in [6.07, 6.45) is 7.09. The lowest BCUT2D eigenvalue weighted by molar-refractivity contribution is 0.172. The predicted molar refractivity (Wildman–Crippen MR) is 92.7 cm³/mol. The summed E-state index contributed by atoms with van der Waals surface area (Å²) >= 11 is 0. The van der Waals surface area contributed by atoms with Crippen molar-refractivity contribution in [2.75, 3.05) is 20.2 Å². The Morgan fingerprint density at radius 2 is 2.12 bits per heavy atom. The number of piperidine rings is 1. The smallest absolute Gasteiger partial charge is 0.255 e. The number of aromatic nitrogens is 5. The first-order valence-corrected chi connectivity index (χ1v) is 7.87. The van der Waals surface area contributed by atoms with Gasteiger partial charge in [0.25, 0.3) is 5.89 Å². The molecule has 4 heterocycles. The zero-order valence-corrected chi connectivity index (χ0v) is 14.6. The van der Waals surface area contributed by atoms with E-state index in [0.717, 1.165) is 31.5 Å². The first-order valence-electron chi connectivity index (χ1n) is 7.87. The maximum Gasteiger partial charge on any atom is 0.255 e. The van der Waals surface area contributed by atoms with Crippen LogP contribution in [0.4, 0.5) is 0 Å². The Labute approximate surface area is 151 Å². The van der Waals surface area contributed by atoms with Crippen molar-refractivity contribution in [1.82, 2.24) is 30.2 Å². The lowest BCUT2D eigenvalue weighted by Crippen LogP contribution is -2.45. The van der Waals surface area contributed by atoms with Crippen LogP contribution in [0, 0.1) is 0 Å². The third-order valence-corrected chi connectivity index (χ3v) is 4.40. The van der Waals surface area contributed by atoms with Gasteiger partial charge >= 0.3 is 0 Å². The van der Waals surface area contributed by atoms with Crippen molar-refractivity contribution in [1.29, 1.82) is 0 Å². The first kappa shape index (κ1) is 17.4. The molecule has 1 saturated heterocycles. The predicted octanol–water partition coefficient (Wildman–Crippen LogP) is 1.89. The summed E-state index contributed by atoms with van der Waals surface area (Å²) in [6.45, 7) is 1.75. The van der Waals surface area contributed by atoms with E-state index < -0.39 is 5.54 Å². The molecule has 1 fully saturated rings. The summed E-state index contributed by atoms with van der Waals surface area (Å²) in [6, 6.07) is 5.55. The van der Waals surface area contributed by atoms with E-state index in [2.05, 4.69) is 25.5 Å². The molecule has 1 aliphatic rings. The molecule has 8 nitrogen and oxygen atoms in total. The Balaban J connectivity index is 0.00000182. The van der Waals surface area contributed by atoms with Crippen LogP contribution in [-0.4, -0.2) is 45.1 Å². The van der Waals surface area contributed by atoms with Crippen molar-refractivity contribution in [2.45, 2.75) is 18.4 Å². The molecule has 0 radical (unpaired) electrons. The molecule has 0 amide bonds. The number of methoxy groups -OCH3 is 1. The SMILES string of the molecule is COc1ccc(-c2noc(C3(n4cccn4)CCNCC3)n2)cn1.Cl. The topological polar surface area (TPSA) is 90.9 Å². The second-order valence-electron chi connectivity index (χ2n) is 5.74. The van der Waals surface area contributed by atoms with Crippen LogP contribution in [0.3, 0.4) is 0 Å². The van der Waals surface area contributed by atoms with E-state index in [1.54, 1.807) is 25.6 Å². The lowest BCUT2D eigenvalue weighted by Gasteiger charge is -2.34. The average Bonchev–Trinajstić information content (AvgIpc) is 3.35. The second kappa shape index (κ2) is 7.20. The molecule has 0 aromatic carbocycles. The van der Waals surface area contributed by atoms with Crippen molar-refractivity contribution in [2.24, 2.45) is 0 Å². The van der Waals surface area contributed by atoms with Crippen molar-refractivity contribution in [3.05, 3.63) is 42.7 Å². The highest BCUT2D eigenvalue weighted by atomic mass is 35.5. The summed E-state index contributed by atoms with van der Waals surface area (Å²) in [5.41, 5.74) is 0.384. The van der Waals surface area contributed by atoms with Gasteiger partial charge in [-0.1, -0.05) is 5.16 Å². The van der Waals surface area contributed by atoms with Gasteiger partial charge in [-0.3, -0.25) is 4.68 Å². The summed E-state index contributed by atoms with van der Waals surface area (Å²) in [7, 11) is 1.58. The molecule has 1 N–H and O–H groups in total. The highest BCUT2D eigenvalue weighted by Crippen LogP contribution is 2.34. The highest BCUT2D eigenvalue weighted by molar-refractivity contribution is 5.85. The fraction of sp³-hybridized carbons (Fsp3) is 0.375. The van der Waals surface area contributed by atoms with Crippen LogP contribution in [0.5, 0.6) is 5.88 Å². The van der Waals surface area contributed by atoms with Crippen LogP contribution in [0.1, 0.15) is 18.7 Å². The van der Waals surface area contributed by atoms with E-state index in [4.69, 9.17) is 9.26 Å². The molecular weight excluding hydrogens is 344 g/mol. The highest BCUT2D eigenvalue weighted by Gasteiger charge is 2.41. The Kier molecular flexibility index (Phi) is 5.00. The van der Waals surface area contributed by atoms with Gasteiger partial charge in [0.2, 0.25) is 11.7 Å². The Bertz CT molecular complexity index is 796. The van der Waals surface area contributed by atoms with Crippen molar-refractivity contribution >= 4 is 12.4 Å². The van der Waals surface area contributed by atoms with Crippen LogP contribution >= 0.6 is 12.4 Å². The van der Waals surface area contributed by atoms with Gasteiger partial charge in [-0.25, -0.2) is 4.98 Å². The van der Waals surface area contributed by atoms with Crippen LogP contribution < -0.4 is 10.1 Å². The van der Waals surface area contributed by atoms with Gasteiger partial charge in [0.15, 0.2) is 0 Å². The first-order chi connectivity index (χ1) is 11.8. The maximum absolute atomic E-state index is 5.63. The van der Waals surface area contributed by atoms with E-state index in [1.807, 2.05) is 23.0 Å². The van der Waals surface area contributed by atoms with E-state index in [1.165, 1.54) is 0 Å². The number of halogens is 1. The standard InChI is InChI=1S/C16H18N6O2.ClH/c1-23-13-4-3-12(11-18-13)14-20-15(24-21-14)16(5-8-17-9-6-16)22-10-2-7-19-22;/h2-4,7,10-11,17H,5-6,8-9H2,1H3;1H. The molecule has 1 aliphatic heterocycles. The molecule has 0 unspecified atom stereocenters. The van der Waals surface area contributed by atoms with E-state index in [9.17, 15) is 0 Å². The van der Waals surface area contributed by atoms with Crippen LogP contribution in [0.2, 0.25) is 0 Å². The Hall–Kier alpha value is -2.45. The molecule has 0 atom stereocenters. The number of nitrogens with one attached hydrogen (secondary N) is 1. The Morgan fingerprint density at radius 3 is 2.76 bits per heavy atom. The minimum Gasteiger partial charge on any atom is -0.481 e. The van der Waals surface area contributed by atoms with E-state index >= 15 is 0 Å². The Morgan fingerprint density at radius 1 is 1.28 bits per heavy atom. The molecule has 0 saturated carbocycles. The molecular formula is C16H19ClN6O2. The third-order valence-electron chi connectivity index (χ3n) is 4.40. The second-order valence-corrected chi connectivity index (χ2v) is 5.74. The van der Waals surface area contributed by atoms with Gasteiger partial charge in [0, 0.05) is 30.2 Å². The molecule has 0 spiro atoms. The summed E-state index contributed by atoms with van der Waals surface area (Å²) < 4.78 is 12.6. The average molecular weight is 363 g/mol. The third kappa shape index (κ3) is 3.10. The summed E-state index contributed by atoms with van der Waals surface area (Å²) in [5, 5.41) is 11.9. The number of hydrogen-bond donors (Lipinski definition) is 1. The number of pyridine rings is 1. The quantitative estimate of drug-likeness (QED) is 0.757. The summed E-state index contributed by atoms with van der Waals surface area (Å²) in [4.78, 5) is 8.83. The summed E-state index contributed by atoms with van der Waals surface area (Å²) in [5.74, 6) is 1.65. The van der Waals surface area contributed by atoms with Gasteiger partial charge in [-0.2, -0.15) is 10.1 Å². The molecule has 3 aromatic rings. The molecule has 0 aliphatic carbocycles. The van der Waals surface area contributed by atoms with Gasteiger partial charge < -0.3 is 14.6 Å². The zero-order valence-electron chi connectivity index (χ0n) is 13.8. The fourth-order valence-electron chi connectivity index (χ4n) is 3.07. The number of ether oxygens (including phenoxy) is 1. The van der Waals surface area contributed by atoms with E-state index in [-0.39, 0.29) is 12.4 Å². The van der Waals surface area contributed by atoms with Crippen molar-refractivity contribution in [3.8, 4) is 17.3 Å². The van der Waals surface area contributed by atoms with Crippen LogP contribution in [-0.2, 0) is 5.54 Å². The van der Waals surface area contributed by atoms with Gasteiger partial charge in [-0.15, -0.1) is 12.4 Å². The molecule has 9 heteroatoms. The van der Waals surface area contributed by atoms with Crippen LogP contribution in [0.15, 0.2) is 41.3 Å². The zero-order chi connectivity index (χ0) is 16.4. The lowest BCUT2D eigenvalue weighted by atomic mass is 9.88. The number of nitrogens with zero attached hydrogens (tertiary/aromatic N) is 5. The van der Waals surface area contributed by atoms with Gasteiger partial charge in [0.05, 0.1) is 7.11 Å². The van der Waals surface area contributed by atoms with Crippen molar-refractivity contribution < 1.29 is 9.26 Å². The minimum absolute atomic E-state index is 0.